The lowest BCUT2D eigenvalue weighted by molar-refractivity contribution is 0.443. The molecule has 0 amide bonds. The molecular weight excluding hydrogens is 222 g/mol. The normalized spacial score (nSPS) is 12.6. The number of furan rings is 1. The molecule has 0 saturated carbocycles. The number of nitrogens with one attached hydrogen (secondary N) is 1. The summed E-state index contributed by atoms with van der Waals surface area (Å²) in [6.45, 7) is 2.18. The van der Waals surface area contributed by atoms with Crippen LogP contribution < -0.4 is 5.32 Å². The van der Waals surface area contributed by atoms with E-state index in [2.05, 4.69) is 36.5 Å². The van der Waals surface area contributed by atoms with Crippen LogP contribution in [0, 0.1) is 6.92 Å². The van der Waals surface area contributed by atoms with Gasteiger partial charge in [0.1, 0.15) is 5.76 Å². The van der Waals surface area contributed by atoms with Crippen molar-refractivity contribution in [2.45, 2.75) is 32.2 Å². The average molecular weight is 243 g/mol. The van der Waals surface area contributed by atoms with E-state index in [0.717, 1.165) is 25.0 Å². The fraction of sp³-hybridized carbons (Fsp3) is 0.375. The van der Waals surface area contributed by atoms with Gasteiger partial charge in [-0.05, 0) is 50.1 Å². The van der Waals surface area contributed by atoms with E-state index in [1.165, 1.54) is 11.1 Å². The Balaban J connectivity index is 1.89. The van der Waals surface area contributed by atoms with Crippen LogP contribution in [0.4, 0.5) is 0 Å². The molecule has 1 aromatic heterocycles. The molecule has 0 fully saturated rings. The van der Waals surface area contributed by atoms with Crippen molar-refractivity contribution < 1.29 is 4.42 Å². The van der Waals surface area contributed by atoms with Crippen LogP contribution in [0.1, 0.15) is 23.3 Å². The van der Waals surface area contributed by atoms with Gasteiger partial charge in [-0.25, -0.2) is 0 Å². The van der Waals surface area contributed by atoms with E-state index >= 15 is 0 Å². The zero-order valence-corrected chi connectivity index (χ0v) is 11.1. The largest absolute Gasteiger partial charge is 0.469 e. The van der Waals surface area contributed by atoms with Gasteiger partial charge in [0.15, 0.2) is 0 Å². The predicted molar refractivity (Wildman–Crippen MR) is 74.8 cm³/mol. The summed E-state index contributed by atoms with van der Waals surface area (Å²) in [6, 6.07) is 13.1. The number of hydrogen-bond donors (Lipinski definition) is 1. The Hall–Kier alpha value is -1.54. The number of aryl methyl sites for hydroxylation is 2. The van der Waals surface area contributed by atoms with Crippen LogP contribution in [0.15, 0.2) is 47.1 Å². The van der Waals surface area contributed by atoms with Gasteiger partial charge in [0.2, 0.25) is 0 Å². The average Bonchev–Trinajstić information content (AvgIpc) is 2.89. The minimum absolute atomic E-state index is 0.468. The quantitative estimate of drug-likeness (QED) is 0.841. The molecule has 2 heteroatoms. The van der Waals surface area contributed by atoms with Crippen LogP contribution in [-0.4, -0.2) is 13.1 Å². The van der Waals surface area contributed by atoms with Crippen LogP contribution in [0.3, 0.4) is 0 Å². The minimum Gasteiger partial charge on any atom is -0.469 e. The molecule has 1 unspecified atom stereocenters. The Morgan fingerprint density at radius 3 is 2.67 bits per heavy atom. The van der Waals surface area contributed by atoms with Gasteiger partial charge in [-0.2, -0.15) is 0 Å². The number of hydrogen-bond acceptors (Lipinski definition) is 2. The molecule has 2 aromatic rings. The molecule has 0 bridgehead atoms. The summed E-state index contributed by atoms with van der Waals surface area (Å²) in [6.07, 6.45) is 4.93. The van der Waals surface area contributed by atoms with E-state index < -0.39 is 0 Å². The van der Waals surface area contributed by atoms with Gasteiger partial charge in [-0.3, -0.25) is 0 Å². The third kappa shape index (κ3) is 3.47. The van der Waals surface area contributed by atoms with Crippen LogP contribution >= 0.6 is 0 Å². The molecule has 0 aliphatic heterocycles. The van der Waals surface area contributed by atoms with Crippen LogP contribution in [0.5, 0.6) is 0 Å². The van der Waals surface area contributed by atoms with E-state index in [-0.39, 0.29) is 0 Å². The molecule has 1 heterocycles. The smallest absolute Gasteiger partial charge is 0.105 e. The van der Waals surface area contributed by atoms with Crippen molar-refractivity contribution in [3.63, 3.8) is 0 Å². The highest BCUT2D eigenvalue weighted by molar-refractivity contribution is 5.25. The summed E-state index contributed by atoms with van der Waals surface area (Å²) in [5.41, 5.74) is 2.82. The summed E-state index contributed by atoms with van der Waals surface area (Å²) in [4.78, 5) is 0. The van der Waals surface area contributed by atoms with Crippen LogP contribution in [0.2, 0.25) is 0 Å². The molecule has 0 radical (unpaired) electrons. The first-order valence-corrected chi connectivity index (χ1v) is 6.53. The highest BCUT2D eigenvalue weighted by Crippen LogP contribution is 2.13. The second-order valence-corrected chi connectivity index (χ2v) is 4.73. The summed E-state index contributed by atoms with van der Waals surface area (Å²) in [5.74, 6) is 1.05. The number of rotatable bonds is 6. The molecule has 0 aliphatic rings. The minimum atomic E-state index is 0.468. The molecule has 2 nitrogen and oxygen atoms in total. The van der Waals surface area contributed by atoms with Crippen molar-refractivity contribution in [3.8, 4) is 0 Å². The Labute approximate surface area is 109 Å². The summed E-state index contributed by atoms with van der Waals surface area (Å²) in [5, 5.41) is 3.37. The molecule has 1 atom stereocenters. The van der Waals surface area contributed by atoms with E-state index in [1.54, 1.807) is 6.26 Å². The summed E-state index contributed by atoms with van der Waals surface area (Å²) in [7, 11) is 2.02. The van der Waals surface area contributed by atoms with Gasteiger partial charge in [-0.15, -0.1) is 0 Å². The molecule has 0 saturated heterocycles. The molecule has 1 N–H and O–H groups in total. The molecule has 18 heavy (non-hydrogen) atoms. The first-order valence-electron chi connectivity index (χ1n) is 6.53. The van der Waals surface area contributed by atoms with Gasteiger partial charge < -0.3 is 9.73 Å². The van der Waals surface area contributed by atoms with Gasteiger partial charge >= 0.3 is 0 Å². The first kappa shape index (κ1) is 12.9. The fourth-order valence-corrected chi connectivity index (χ4v) is 2.24. The van der Waals surface area contributed by atoms with Crippen molar-refractivity contribution in [2.75, 3.05) is 7.05 Å². The van der Waals surface area contributed by atoms with Gasteiger partial charge in [0, 0.05) is 12.5 Å². The highest BCUT2D eigenvalue weighted by atomic mass is 16.3. The monoisotopic (exact) mass is 243 g/mol. The van der Waals surface area contributed by atoms with E-state index in [0.29, 0.717) is 6.04 Å². The van der Waals surface area contributed by atoms with Crippen LogP contribution in [0.25, 0.3) is 0 Å². The molecule has 1 aromatic carbocycles. The molecule has 0 aliphatic carbocycles. The van der Waals surface area contributed by atoms with E-state index in [9.17, 15) is 0 Å². The lowest BCUT2D eigenvalue weighted by Crippen LogP contribution is -2.28. The SMILES string of the molecule is CNC(CCc1ccccc1C)Cc1ccco1. The Kier molecular flexibility index (Phi) is 4.59. The maximum Gasteiger partial charge on any atom is 0.105 e. The summed E-state index contributed by atoms with van der Waals surface area (Å²) < 4.78 is 5.40. The second-order valence-electron chi connectivity index (χ2n) is 4.73. The lowest BCUT2D eigenvalue weighted by atomic mass is 9.99. The maximum atomic E-state index is 5.40. The van der Waals surface area contributed by atoms with E-state index in [1.807, 2.05) is 19.2 Å². The highest BCUT2D eigenvalue weighted by Gasteiger charge is 2.09. The Morgan fingerprint density at radius 2 is 2.00 bits per heavy atom. The lowest BCUT2D eigenvalue weighted by Gasteiger charge is -2.15. The second kappa shape index (κ2) is 6.41. The van der Waals surface area contributed by atoms with Crippen molar-refractivity contribution in [1.82, 2.24) is 5.32 Å². The third-order valence-corrected chi connectivity index (χ3v) is 3.46. The van der Waals surface area contributed by atoms with Crippen LogP contribution in [-0.2, 0) is 12.8 Å². The summed E-state index contributed by atoms with van der Waals surface area (Å²) >= 11 is 0. The van der Waals surface area contributed by atoms with Crippen molar-refractivity contribution in [1.29, 1.82) is 0 Å². The van der Waals surface area contributed by atoms with Crippen molar-refractivity contribution in [3.05, 3.63) is 59.5 Å². The van der Waals surface area contributed by atoms with Crippen molar-refractivity contribution >= 4 is 0 Å². The zero-order chi connectivity index (χ0) is 12.8. The maximum absolute atomic E-state index is 5.40. The molecular formula is C16H21NO. The Morgan fingerprint density at radius 1 is 1.17 bits per heavy atom. The zero-order valence-electron chi connectivity index (χ0n) is 11.1. The number of likely N-dealkylation sites (N-methyl/N-ethyl adjacent to an activating group) is 1. The van der Waals surface area contributed by atoms with Gasteiger partial charge in [0.25, 0.3) is 0 Å². The first-order chi connectivity index (χ1) is 8.79. The standard InChI is InChI=1S/C16H21NO/c1-13-6-3-4-7-14(13)9-10-15(17-2)12-16-8-5-11-18-16/h3-8,11,15,17H,9-10,12H2,1-2H3. The van der Waals surface area contributed by atoms with Crippen molar-refractivity contribution in [2.24, 2.45) is 0 Å². The molecule has 96 valence electrons. The third-order valence-electron chi connectivity index (χ3n) is 3.46. The predicted octanol–water partition coefficient (Wildman–Crippen LogP) is 3.35. The fourth-order valence-electron chi connectivity index (χ4n) is 2.24. The molecule has 2 rings (SSSR count). The van der Waals surface area contributed by atoms with Gasteiger partial charge in [-0.1, -0.05) is 24.3 Å². The van der Waals surface area contributed by atoms with Gasteiger partial charge in [0.05, 0.1) is 6.26 Å². The Bertz CT molecular complexity index is 462. The molecule has 0 spiro atoms. The number of benzene rings is 1. The van der Waals surface area contributed by atoms with E-state index in [4.69, 9.17) is 4.42 Å². The topological polar surface area (TPSA) is 25.2 Å².